The molecule has 1 spiro atoms. The summed E-state index contributed by atoms with van der Waals surface area (Å²) in [7, 11) is 0. The summed E-state index contributed by atoms with van der Waals surface area (Å²) in [5.41, 5.74) is 19.9. The number of fused-ring (bicyclic) bond motifs is 5. The van der Waals surface area contributed by atoms with Crippen molar-refractivity contribution in [2.24, 2.45) is 0 Å². The Morgan fingerprint density at radius 1 is 0.315 bits per heavy atom. The molecule has 0 radical (unpaired) electrons. The standard InChI is InChI=1S/C53H41N/c1-5-17-37(18-6-1)43-35-50(38-19-7-2-8-20-38)54-51(36-43)42-24-15-23-40(33-42)44-26-16-27-45(52(44)39-21-9-3-10-22-39)41-29-30-49-47(34-41)46-25-11-12-28-48(46)53(49)31-13-4-14-32-53/h1-3,5-12,15-30,33-36H,4,13-14,31-32H2. The van der Waals surface area contributed by atoms with E-state index in [1.165, 1.54) is 93.3 Å². The summed E-state index contributed by atoms with van der Waals surface area (Å²) in [6, 6.07) is 68.8. The van der Waals surface area contributed by atoms with E-state index in [1.54, 1.807) is 0 Å². The second-order valence-electron chi connectivity index (χ2n) is 15.0. The van der Waals surface area contributed by atoms with E-state index in [1.807, 2.05) is 0 Å². The van der Waals surface area contributed by atoms with Crippen molar-refractivity contribution in [3.63, 3.8) is 0 Å². The van der Waals surface area contributed by atoms with Crippen LogP contribution in [0, 0.1) is 0 Å². The highest BCUT2D eigenvalue weighted by Gasteiger charge is 2.43. The van der Waals surface area contributed by atoms with Crippen LogP contribution >= 0.6 is 0 Å². The van der Waals surface area contributed by atoms with Gasteiger partial charge in [0.05, 0.1) is 11.4 Å². The van der Waals surface area contributed by atoms with Crippen LogP contribution in [0.3, 0.4) is 0 Å². The monoisotopic (exact) mass is 691 g/mol. The minimum absolute atomic E-state index is 0.152. The Bertz CT molecular complexity index is 2560. The van der Waals surface area contributed by atoms with Crippen LogP contribution < -0.4 is 0 Å². The van der Waals surface area contributed by atoms with Crippen molar-refractivity contribution in [1.82, 2.24) is 4.98 Å². The molecule has 2 aliphatic carbocycles. The summed E-state index contributed by atoms with van der Waals surface area (Å²) >= 11 is 0. The van der Waals surface area contributed by atoms with Crippen LogP contribution in [-0.4, -0.2) is 4.98 Å². The molecule has 8 aromatic rings. The molecule has 7 aromatic carbocycles. The summed E-state index contributed by atoms with van der Waals surface area (Å²) in [5.74, 6) is 0. The van der Waals surface area contributed by atoms with Crippen LogP contribution in [0.15, 0.2) is 188 Å². The molecule has 1 fully saturated rings. The molecule has 1 saturated carbocycles. The van der Waals surface area contributed by atoms with Gasteiger partial charge in [-0.3, -0.25) is 0 Å². The molecular weight excluding hydrogens is 651 g/mol. The minimum Gasteiger partial charge on any atom is -0.248 e. The largest absolute Gasteiger partial charge is 0.248 e. The van der Waals surface area contributed by atoms with Gasteiger partial charge in [-0.05, 0) is 104 Å². The number of benzene rings is 7. The molecule has 0 unspecified atom stereocenters. The van der Waals surface area contributed by atoms with Gasteiger partial charge in [-0.2, -0.15) is 0 Å². The van der Waals surface area contributed by atoms with Crippen LogP contribution in [0.4, 0.5) is 0 Å². The average molecular weight is 692 g/mol. The molecular formula is C53H41N. The molecule has 0 N–H and O–H groups in total. The summed E-state index contributed by atoms with van der Waals surface area (Å²) < 4.78 is 0. The molecule has 258 valence electrons. The third kappa shape index (κ3) is 5.60. The van der Waals surface area contributed by atoms with Crippen molar-refractivity contribution in [2.75, 3.05) is 0 Å². The molecule has 0 aliphatic heterocycles. The maximum atomic E-state index is 5.27. The Balaban J connectivity index is 1.13. The summed E-state index contributed by atoms with van der Waals surface area (Å²) in [4.78, 5) is 5.27. The lowest BCUT2D eigenvalue weighted by Gasteiger charge is -2.36. The zero-order valence-corrected chi connectivity index (χ0v) is 30.4. The van der Waals surface area contributed by atoms with Gasteiger partial charge in [0, 0.05) is 16.5 Å². The van der Waals surface area contributed by atoms with Gasteiger partial charge in [0.25, 0.3) is 0 Å². The zero-order chi connectivity index (χ0) is 35.9. The van der Waals surface area contributed by atoms with Gasteiger partial charge in [-0.1, -0.05) is 183 Å². The molecule has 1 heterocycles. The Morgan fingerprint density at radius 3 is 1.56 bits per heavy atom. The van der Waals surface area contributed by atoms with Crippen LogP contribution in [-0.2, 0) is 5.41 Å². The topological polar surface area (TPSA) is 12.9 Å². The average Bonchev–Trinajstić information content (AvgIpc) is 3.52. The Morgan fingerprint density at radius 2 is 0.833 bits per heavy atom. The summed E-state index contributed by atoms with van der Waals surface area (Å²) in [6.07, 6.45) is 6.43. The lowest BCUT2D eigenvalue weighted by molar-refractivity contribution is 0.353. The summed E-state index contributed by atoms with van der Waals surface area (Å²) in [6.45, 7) is 0. The SMILES string of the molecule is c1ccc(-c2cc(-c3ccccc3)nc(-c3cccc(-c4cccc(-c5ccc6c(c5)-c5ccccc5C65CCCCC5)c4-c4ccccc4)c3)c2)cc1. The predicted octanol–water partition coefficient (Wildman–Crippen LogP) is 14.3. The number of rotatable bonds is 6. The Hall–Kier alpha value is -6.31. The highest BCUT2D eigenvalue weighted by atomic mass is 14.7. The van der Waals surface area contributed by atoms with E-state index < -0.39 is 0 Å². The molecule has 0 atom stereocenters. The van der Waals surface area contributed by atoms with Crippen molar-refractivity contribution >= 4 is 0 Å². The van der Waals surface area contributed by atoms with E-state index in [4.69, 9.17) is 4.98 Å². The molecule has 1 heteroatoms. The van der Waals surface area contributed by atoms with E-state index in [9.17, 15) is 0 Å². The first kappa shape index (κ1) is 32.3. The molecule has 54 heavy (non-hydrogen) atoms. The lowest BCUT2D eigenvalue weighted by atomic mass is 9.68. The van der Waals surface area contributed by atoms with Crippen molar-refractivity contribution in [3.05, 3.63) is 199 Å². The molecule has 0 saturated heterocycles. The number of nitrogens with zero attached hydrogens (tertiary/aromatic N) is 1. The van der Waals surface area contributed by atoms with E-state index in [0.717, 1.165) is 28.1 Å². The highest BCUT2D eigenvalue weighted by molar-refractivity contribution is 5.97. The smallest absolute Gasteiger partial charge is 0.0715 e. The molecule has 10 rings (SSSR count). The van der Waals surface area contributed by atoms with Gasteiger partial charge in [0.15, 0.2) is 0 Å². The van der Waals surface area contributed by atoms with Crippen molar-refractivity contribution < 1.29 is 0 Å². The van der Waals surface area contributed by atoms with Gasteiger partial charge >= 0.3 is 0 Å². The third-order valence-electron chi connectivity index (χ3n) is 11.9. The van der Waals surface area contributed by atoms with Crippen molar-refractivity contribution in [2.45, 2.75) is 37.5 Å². The predicted molar refractivity (Wildman–Crippen MR) is 226 cm³/mol. The van der Waals surface area contributed by atoms with Gasteiger partial charge in [0.1, 0.15) is 0 Å². The van der Waals surface area contributed by atoms with E-state index in [0.29, 0.717) is 0 Å². The fraction of sp³-hybridized carbons (Fsp3) is 0.113. The first-order valence-corrected chi connectivity index (χ1v) is 19.4. The van der Waals surface area contributed by atoms with Crippen molar-refractivity contribution in [3.8, 4) is 78.1 Å². The van der Waals surface area contributed by atoms with Gasteiger partial charge in [-0.15, -0.1) is 0 Å². The van der Waals surface area contributed by atoms with Crippen LogP contribution in [0.5, 0.6) is 0 Å². The second-order valence-corrected chi connectivity index (χ2v) is 15.0. The van der Waals surface area contributed by atoms with E-state index >= 15 is 0 Å². The number of hydrogen-bond donors (Lipinski definition) is 0. The molecule has 1 aromatic heterocycles. The number of hydrogen-bond acceptors (Lipinski definition) is 1. The highest BCUT2D eigenvalue weighted by Crippen LogP contribution is 2.56. The maximum absolute atomic E-state index is 5.27. The van der Waals surface area contributed by atoms with E-state index in [-0.39, 0.29) is 5.41 Å². The van der Waals surface area contributed by atoms with E-state index in [2.05, 4.69) is 188 Å². The first-order chi connectivity index (χ1) is 26.7. The fourth-order valence-corrected chi connectivity index (χ4v) is 9.35. The van der Waals surface area contributed by atoms with Crippen molar-refractivity contribution in [1.29, 1.82) is 0 Å². The van der Waals surface area contributed by atoms with Crippen LogP contribution in [0.2, 0.25) is 0 Å². The molecule has 0 bridgehead atoms. The quantitative estimate of drug-likeness (QED) is 0.169. The molecule has 1 nitrogen and oxygen atoms in total. The molecule has 0 amide bonds. The Labute approximate surface area is 318 Å². The number of pyridine rings is 1. The zero-order valence-electron chi connectivity index (χ0n) is 30.4. The van der Waals surface area contributed by atoms with Gasteiger partial charge in [0.2, 0.25) is 0 Å². The van der Waals surface area contributed by atoms with Gasteiger partial charge < -0.3 is 0 Å². The fourth-order valence-electron chi connectivity index (χ4n) is 9.35. The Kier molecular flexibility index (Phi) is 8.14. The van der Waals surface area contributed by atoms with Gasteiger partial charge in [-0.25, -0.2) is 4.98 Å². The normalized spacial score (nSPS) is 14.1. The third-order valence-corrected chi connectivity index (χ3v) is 11.9. The second kappa shape index (κ2) is 13.6. The number of aromatic nitrogens is 1. The lowest BCUT2D eigenvalue weighted by Crippen LogP contribution is -2.27. The maximum Gasteiger partial charge on any atom is 0.0715 e. The first-order valence-electron chi connectivity index (χ1n) is 19.4. The van der Waals surface area contributed by atoms with Crippen LogP contribution in [0.25, 0.3) is 78.1 Å². The molecule has 2 aliphatic rings. The van der Waals surface area contributed by atoms with Crippen LogP contribution in [0.1, 0.15) is 43.2 Å². The summed E-state index contributed by atoms with van der Waals surface area (Å²) in [5, 5.41) is 0. The minimum atomic E-state index is 0.152.